The average Bonchev–Trinajstić information content (AvgIpc) is 3.21. The number of amides is 2. The molecule has 1 aromatic heterocycles. The van der Waals surface area contributed by atoms with Crippen LogP contribution in [0.25, 0.3) is 10.9 Å². The molecule has 2 aromatic carbocycles. The lowest BCUT2D eigenvalue weighted by molar-refractivity contribution is -0.147. The molecule has 3 unspecified atom stereocenters. The molecule has 0 saturated heterocycles. The number of nitrogens with one attached hydrogen (secondary N) is 3. The standard InChI is InChI=1S/C24H26N4O6/c25-17(11-15-13-26-18-9-5-4-8-16(15)18)22(31)27-19(10-14-6-2-1-3-7-14)23(32)28-20(24(33)34)12-21(29)30/h1-9,13,17,19-20,26H,10-12,25H2,(H,27,31)(H,28,32)(H,29,30)(H,33,34). The van der Waals surface area contributed by atoms with Gasteiger partial charge in [-0.1, -0.05) is 48.5 Å². The molecule has 0 aliphatic heterocycles. The summed E-state index contributed by atoms with van der Waals surface area (Å²) in [6.07, 6.45) is 1.26. The van der Waals surface area contributed by atoms with Crippen molar-refractivity contribution in [3.63, 3.8) is 0 Å². The number of carbonyl (C=O) groups is 4. The summed E-state index contributed by atoms with van der Waals surface area (Å²) >= 11 is 0. The molecule has 0 aliphatic carbocycles. The van der Waals surface area contributed by atoms with Crippen LogP contribution in [0.3, 0.4) is 0 Å². The highest BCUT2D eigenvalue weighted by Gasteiger charge is 2.29. The number of aromatic nitrogens is 1. The SMILES string of the molecule is NC(Cc1c[nH]c2ccccc12)C(=O)NC(Cc1ccccc1)C(=O)NC(CC(=O)O)C(=O)O. The molecule has 10 heteroatoms. The topological polar surface area (TPSA) is 175 Å². The van der Waals surface area contributed by atoms with E-state index in [2.05, 4.69) is 15.6 Å². The maximum Gasteiger partial charge on any atom is 0.326 e. The van der Waals surface area contributed by atoms with E-state index in [9.17, 15) is 24.3 Å². The Labute approximate surface area is 195 Å². The first-order chi connectivity index (χ1) is 16.2. The number of H-pyrrole nitrogens is 1. The number of carbonyl (C=O) groups excluding carboxylic acids is 2. The van der Waals surface area contributed by atoms with Crippen molar-refractivity contribution in [3.8, 4) is 0 Å². The van der Waals surface area contributed by atoms with Gasteiger partial charge in [-0.25, -0.2) is 4.79 Å². The summed E-state index contributed by atoms with van der Waals surface area (Å²) in [5.74, 6) is -4.27. The molecule has 0 fully saturated rings. The van der Waals surface area contributed by atoms with Crippen LogP contribution in [0.1, 0.15) is 17.5 Å². The van der Waals surface area contributed by atoms with Crippen molar-refractivity contribution in [2.75, 3.05) is 0 Å². The highest BCUT2D eigenvalue weighted by atomic mass is 16.4. The monoisotopic (exact) mass is 466 g/mol. The number of para-hydroxylation sites is 1. The predicted molar refractivity (Wildman–Crippen MR) is 124 cm³/mol. The van der Waals surface area contributed by atoms with Gasteiger partial charge >= 0.3 is 11.9 Å². The predicted octanol–water partition coefficient (Wildman–Crippen LogP) is 0.809. The van der Waals surface area contributed by atoms with Crippen LogP contribution in [0, 0.1) is 0 Å². The normalized spacial score (nSPS) is 13.6. The largest absolute Gasteiger partial charge is 0.481 e. The van der Waals surface area contributed by atoms with E-state index in [-0.39, 0.29) is 12.8 Å². The van der Waals surface area contributed by atoms with Gasteiger partial charge in [-0.15, -0.1) is 0 Å². The molecule has 3 atom stereocenters. The zero-order valence-corrected chi connectivity index (χ0v) is 18.2. The van der Waals surface area contributed by atoms with Gasteiger partial charge < -0.3 is 31.6 Å². The maximum atomic E-state index is 12.9. The molecule has 0 aliphatic rings. The van der Waals surface area contributed by atoms with Crippen molar-refractivity contribution < 1.29 is 29.4 Å². The lowest BCUT2D eigenvalue weighted by atomic mass is 10.0. The number of fused-ring (bicyclic) bond motifs is 1. The first-order valence-corrected chi connectivity index (χ1v) is 10.6. The van der Waals surface area contributed by atoms with E-state index in [4.69, 9.17) is 10.8 Å². The Morgan fingerprint density at radius 3 is 2.18 bits per heavy atom. The number of benzene rings is 2. The minimum Gasteiger partial charge on any atom is -0.481 e. The third-order valence-corrected chi connectivity index (χ3v) is 5.36. The van der Waals surface area contributed by atoms with Crippen LogP contribution >= 0.6 is 0 Å². The molecule has 34 heavy (non-hydrogen) atoms. The van der Waals surface area contributed by atoms with E-state index in [0.717, 1.165) is 22.0 Å². The summed E-state index contributed by atoms with van der Waals surface area (Å²) < 4.78 is 0. The lowest BCUT2D eigenvalue weighted by Gasteiger charge is -2.22. The lowest BCUT2D eigenvalue weighted by Crippen LogP contribution is -2.55. The number of nitrogens with two attached hydrogens (primary N) is 1. The molecule has 1 heterocycles. The summed E-state index contributed by atoms with van der Waals surface area (Å²) in [7, 11) is 0. The fourth-order valence-corrected chi connectivity index (χ4v) is 3.61. The minimum atomic E-state index is -1.64. The van der Waals surface area contributed by atoms with Crippen LogP contribution < -0.4 is 16.4 Å². The molecule has 2 amide bonds. The van der Waals surface area contributed by atoms with E-state index in [1.807, 2.05) is 24.3 Å². The summed E-state index contributed by atoms with van der Waals surface area (Å²) in [5, 5.41) is 23.9. The van der Waals surface area contributed by atoms with Crippen molar-refractivity contribution in [1.29, 1.82) is 0 Å². The summed E-state index contributed by atoms with van der Waals surface area (Å²) in [5.41, 5.74) is 8.60. The summed E-state index contributed by atoms with van der Waals surface area (Å²) in [6, 6.07) is 12.6. The Balaban J connectivity index is 1.74. The van der Waals surface area contributed by atoms with Gasteiger partial charge in [0.05, 0.1) is 12.5 Å². The van der Waals surface area contributed by atoms with Gasteiger partial charge in [0, 0.05) is 23.5 Å². The Morgan fingerprint density at radius 2 is 1.50 bits per heavy atom. The number of rotatable bonds is 11. The van der Waals surface area contributed by atoms with Crippen LogP contribution in [-0.2, 0) is 32.0 Å². The van der Waals surface area contributed by atoms with Crippen LogP contribution in [0.4, 0.5) is 0 Å². The molecule has 10 nitrogen and oxygen atoms in total. The zero-order chi connectivity index (χ0) is 24.7. The van der Waals surface area contributed by atoms with E-state index in [1.165, 1.54) is 0 Å². The van der Waals surface area contributed by atoms with Crippen LogP contribution in [0.2, 0.25) is 0 Å². The first-order valence-electron chi connectivity index (χ1n) is 10.6. The molecular weight excluding hydrogens is 440 g/mol. The number of hydrogen-bond acceptors (Lipinski definition) is 5. The molecule has 0 spiro atoms. The van der Waals surface area contributed by atoms with Gasteiger partial charge in [0.15, 0.2) is 0 Å². The molecule has 3 rings (SSSR count). The molecule has 0 radical (unpaired) electrons. The van der Waals surface area contributed by atoms with E-state index in [0.29, 0.717) is 0 Å². The third kappa shape index (κ3) is 6.42. The molecule has 3 aromatic rings. The quantitative estimate of drug-likeness (QED) is 0.242. The second-order valence-corrected chi connectivity index (χ2v) is 7.92. The number of carboxylic acids is 2. The Bertz CT molecular complexity index is 1180. The number of aliphatic carboxylic acids is 2. The number of hydrogen-bond donors (Lipinski definition) is 6. The number of carboxylic acid groups (broad SMARTS) is 2. The second-order valence-electron chi connectivity index (χ2n) is 7.92. The van der Waals surface area contributed by atoms with Crippen molar-refractivity contribution in [2.45, 2.75) is 37.4 Å². The molecule has 178 valence electrons. The van der Waals surface area contributed by atoms with Crippen molar-refractivity contribution in [3.05, 3.63) is 71.9 Å². The Hall–Kier alpha value is -4.18. The molecule has 0 saturated carbocycles. The summed E-state index contributed by atoms with van der Waals surface area (Å²) in [6.45, 7) is 0. The van der Waals surface area contributed by atoms with E-state index < -0.39 is 48.3 Å². The fraction of sp³-hybridized carbons (Fsp3) is 0.250. The van der Waals surface area contributed by atoms with Crippen molar-refractivity contribution >= 4 is 34.7 Å². The van der Waals surface area contributed by atoms with Gasteiger partial charge in [0.1, 0.15) is 12.1 Å². The average molecular weight is 466 g/mol. The molecule has 0 bridgehead atoms. The Morgan fingerprint density at radius 1 is 0.853 bits per heavy atom. The van der Waals surface area contributed by atoms with Crippen molar-refractivity contribution in [2.24, 2.45) is 5.73 Å². The van der Waals surface area contributed by atoms with Crippen LogP contribution in [-0.4, -0.2) is 57.1 Å². The van der Waals surface area contributed by atoms with Crippen LogP contribution in [0.15, 0.2) is 60.8 Å². The second kappa shape index (κ2) is 11.1. The number of aromatic amines is 1. The minimum absolute atomic E-state index is 0.0671. The van der Waals surface area contributed by atoms with Gasteiger partial charge in [0.2, 0.25) is 11.8 Å². The van der Waals surface area contributed by atoms with Gasteiger partial charge in [-0.3, -0.25) is 14.4 Å². The van der Waals surface area contributed by atoms with Crippen molar-refractivity contribution in [1.82, 2.24) is 15.6 Å². The molecular formula is C24H26N4O6. The molecule has 7 N–H and O–H groups in total. The van der Waals surface area contributed by atoms with Gasteiger partial charge in [-0.2, -0.15) is 0 Å². The summed E-state index contributed by atoms with van der Waals surface area (Å²) in [4.78, 5) is 51.2. The first kappa shape index (κ1) is 24.5. The highest BCUT2D eigenvalue weighted by Crippen LogP contribution is 2.19. The van der Waals surface area contributed by atoms with Gasteiger partial charge in [0.25, 0.3) is 0 Å². The van der Waals surface area contributed by atoms with E-state index in [1.54, 1.807) is 36.5 Å². The van der Waals surface area contributed by atoms with E-state index >= 15 is 0 Å². The van der Waals surface area contributed by atoms with Crippen LogP contribution in [0.5, 0.6) is 0 Å². The highest BCUT2D eigenvalue weighted by molar-refractivity contribution is 5.93. The fourth-order valence-electron chi connectivity index (χ4n) is 3.61. The zero-order valence-electron chi connectivity index (χ0n) is 18.2. The van der Waals surface area contributed by atoms with Gasteiger partial charge in [-0.05, 0) is 23.6 Å². The maximum absolute atomic E-state index is 12.9. The Kier molecular flexibility index (Phi) is 7.99. The smallest absolute Gasteiger partial charge is 0.326 e. The third-order valence-electron chi connectivity index (χ3n) is 5.36.